The molecule has 0 saturated heterocycles. The van der Waals surface area contributed by atoms with Crippen LogP contribution >= 0.6 is 11.3 Å². The van der Waals surface area contributed by atoms with Crippen LogP contribution in [0.2, 0.25) is 0 Å². The molecule has 1 amide bonds. The summed E-state index contributed by atoms with van der Waals surface area (Å²) in [6.45, 7) is 1.47. The summed E-state index contributed by atoms with van der Waals surface area (Å²) in [5.41, 5.74) is 2.04. The molecule has 0 aliphatic heterocycles. The minimum Gasteiger partial charge on any atom is -0.511 e. The van der Waals surface area contributed by atoms with Gasteiger partial charge in [0.2, 0.25) is 5.78 Å². The van der Waals surface area contributed by atoms with Gasteiger partial charge in [0.1, 0.15) is 28.2 Å². The Bertz CT molecular complexity index is 1350. The number of nitrogens with zero attached hydrogens (tertiary/aromatic N) is 2. The van der Waals surface area contributed by atoms with Crippen molar-refractivity contribution in [1.29, 1.82) is 0 Å². The van der Waals surface area contributed by atoms with E-state index in [1.165, 1.54) is 18.3 Å². The number of aromatic hydroxyl groups is 1. The fourth-order valence-electron chi connectivity index (χ4n) is 6.33. The molecule has 6 N–H and O–H groups in total. The Balaban J connectivity index is 1.71. The van der Waals surface area contributed by atoms with Crippen molar-refractivity contribution in [3.63, 3.8) is 0 Å². The number of carbonyl (C=O) groups excluding carboxylic acids is 3. The predicted molar refractivity (Wildman–Crippen MR) is 131 cm³/mol. The van der Waals surface area contributed by atoms with Crippen LogP contribution in [-0.4, -0.2) is 68.7 Å². The Morgan fingerprint density at radius 2 is 1.89 bits per heavy atom. The quantitative estimate of drug-likeness (QED) is 0.379. The molecule has 5 rings (SSSR count). The summed E-state index contributed by atoms with van der Waals surface area (Å²) in [5, 5.41) is 47.0. The topological polar surface area (TPSA) is 174 Å². The van der Waals surface area contributed by atoms with E-state index >= 15 is 0 Å². The number of aliphatic hydroxyl groups is 3. The number of hydrogen-bond acceptors (Lipinski definition) is 10. The molecule has 1 saturated carbocycles. The molecule has 1 fully saturated rings. The van der Waals surface area contributed by atoms with Gasteiger partial charge < -0.3 is 31.1 Å². The minimum atomic E-state index is -2.50. The largest absolute Gasteiger partial charge is 0.511 e. The van der Waals surface area contributed by atoms with Gasteiger partial charge in [-0.25, -0.2) is 4.98 Å². The molecule has 2 aromatic rings. The molecule has 3 aliphatic rings. The van der Waals surface area contributed by atoms with E-state index in [2.05, 4.69) is 4.98 Å². The zero-order valence-corrected chi connectivity index (χ0v) is 20.8. The second-order valence-corrected chi connectivity index (χ2v) is 11.2. The predicted octanol–water partition coefficient (Wildman–Crippen LogP) is 1.33. The number of ketones is 2. The number of rotatable bonds is 3. The molecule has 1 aromatic carbocycles. The highest BCUT2D eigenvalue weighted by atomic mass is 32.1. The fraction of sp³-hybridized carbons (Fsp3) is 0.440. The number of aromatic nitrogens is 1. The van der Waals surface area contributed by atoms with Gasteiger partial charge in [0.15, 0.2) is 11.4 Å². The first-order valence-corrected chi connectivity index (χ1v) is 12.4. The van der Waals surface area contributed by atoms with Crippen LogP contribution in [0.25, 0.3) is 10.6 Å². The van der Waals surface area contributed by atoms with Crippen molar-refractivity contribution in [2.24, 2.45) is 23.0 Å². The summed E-state index contributed by atoms with van der Waals surface area (Å²) in [4.78, 5) is 45.4. The van der Waals surface area contributed by atoms with Gasteiger partial charge in [-0.05, 0) is 37.3 Å². The van der Waals surface area contributed by atoms with Gasteiger partial charge in [0.25, 0.3) is 5.91 Å². The number of allylic oxidation sites excluding steroid dienone is 1. The van der Waals surface area contributed by atoms with Crippen molar-refractivity contribution in [3.8, 4) is 16.3 Å². The lowest BCUT2D eigenvalue weighted by molar-refractivity contribution is -0.199. The molecule has 1 heterocycles. The number of anilines is 1. The molecule has 3 aliphatic carbocycles. The summed E-state index contributed by atoms with van der Waals surface area (Å²) < 4.78 is 0. The average Bonchev–Trinajstić information content (AvgIpc) is 3.33. The lowest BCUT2D eigenvalue weighted by atomic mass is 9.48. The van der Waals surface area contributed by atoms with E-state index in [4.69, 9.17) is 5.73 Å². The average molecular weight is 514 g/mol. The molecular weight excluding hydrogens is 486 g/mol. The number of primary amides is 1. The van der Waals surface area contributed by atoms with Crippen LogP contribution in [0.1, 0.15) is 35.7 Å². The number of carbonyl (C=O) groups is 3. The van der Waals surface area contributed by atoms with E-state index in [0.717, 1.165) is 0 Å². The minimum absolute atomic E-state index is 0.0167. The van der Waals surface area contributed by atoms with E-state index in [-0.39, 0.29) is 30.6 Å². The fourth-order valence-corrected chi connectivity index (χ4v) is 6.98. The highest BCUT2D eigenvalue weighted by Gasteiger charge is 2.68. The van der Waals surface area contributed by atoms with Crippen LogP contribution in [0.4, 0.5) is 5.69 Å². The number of thiazole rings is 1. The number of phenolic OH excluding ortho intramolecular Hbond substituents is 1. The molecule has 2 unspecified atom stereocenters. The zero-order chi connectivity index (χ0) is 26.3. The van der Waals surface area contributed by atoms with Gasteiger partial charge in [-0.1, -0.05) is 0 Å². The molecule has 5 atom stereocenters. The van der Waals surface area contributed by atoms with Crippen LogP contribution in [-0.2, 0) is 16.0 Å². The summed E-state index contributed by atoms with van der Waals surface area (Å²) in [6, 6.07) is 1.77. The molecule has 11 heteroatoms. The lowest BCUT2D eigenvalue weighted by Crippen LogP contribution is -2.70. The molecule has 0 spiro atoms. The highest BCUT2D eigenvalue weighted by Crippen LogP contribution is 2.59. The van der Waals surface area contributed by atoms with Crippen LogP contribution < -0.4 is 10.6 Å². The Kier molecular flexibility index (Phi) is 5.33. The highest BCUT2D eigenvalue weighted by molar-refractivity contribution is 7.13. The second-order valence-electron chi connectivity index (χ2n) is 10.3. The van der Waals surface area contributed by atoms with Crippen molar-refractivity contribution in [2.75, 3.05) is 19.0 Å². The Hall–Kier alpha value is -3.28. The standard InChI is InChI=1S/C25H27N3O7S/c1-24-10(6-11-8-15(29)17(21(26)33)20(32)25(11,35)23(24)34)7-12-14(28(2)3)9-13(22-27-4-5-36-22)18(30)16(12)19(24)31/h4-5,9-11,23,29-30,34-35H,6-8H2,1-3H3,(H2,26,33)/t10-,11+,23?,24?,25-/m1/s1. The molecule has 190 valence electrons. The van der Waals surface area contributed by atoms with E-state index in [1.807, 2.05) is 19.0 Å². The Labute approximate surface area is 210 Å². The number of fused-ring (bicyclic) bond motifs is 3. The molecule has 10 nitrogen and oxygen atoms in total. The summed E-state index contributed by atoms with van der Waals surface area (Å²) >= 11 is 1.30. The van der Waals surface area contributed by atoms with Crippen LogP contribution in [0, 0.1) is 17.3 Å². The molecule has 1 aromatic heterocycles. The number of nitrogens with two attached hydrogens (primary N) is 1. The second kappa shape index (κ2) is 7.86. The normalized spacial score (nSPS) is 31.5. The Morgan fingerprint density at radius 3 is 2.47 bits per heavy atom. The van der Waals surface area contributed by atoms with Crippen LogP contribution in [0.5, 0.6) is 5.75 Å². The smallest absolute Gasteiger partial charge is 0.255 e. The SMILES string of the molecule is CN(C)c1cc(-c2nccs2)c(O)c2c1C[C@H]1C[C@H]3CC(O)=C(C(N)=O)C(=O)[C@@]3(O)C(O)C1(C)C2=O. The van der Waals surface area contributed by atoms with Gasteiger partial charge in [0, 0.05) is 43.7 Å². The summed E-state index contributed by atoms with van der Waals surface area (Å²) in [7, 11) is 3.64. The summed E-state index contributed by atoms with van der Waals surface area (Å²) in [5.74, 6) is -5.27. The number of amides is 1. The first-order valence-electron chi connectivity index (χ1n) is 11.5. The maximum Gasteiger partial charge on any atom is 0.255 e. The maximum absolute atomic E-state index is 14.2. The van der Waals surface area contributed by atoms with Gasteiger partial charge in [0.05, 0.1) is 16.5 Å². The summed E-state index contributed by atoms with van der Waals surface area (Å²) in [6.07, 6.45) is -0.155. The third-order valence-corrected chi connectivity index (χ3v) is 9.09. The molecular formula is C25H27N3O7S. The lowest BCUT2D eigenvalue weighted by Gasteiger charge is -2.57. The number of Topliss-reactive ketones (excluding diaryl/α,β-unsaturated/α-hetero) is 2. The number of hydrogen-bond donors (Lipinski definition) is 5. The molecule has 0 radical (unpaired) electrons. The van der Waals surface area contributed by atoms with Crippen molar-refractivity contribution in [2.45, 2.75) is 37.9 Å². The van der Waals surface area contributed by atoms with Crippen molar-refractivity contribution in [1.82, 2.24) is 4.98 Å². The zero-order valence-electron chi connectivity index (χ0n) is 20.0. The maximum atomic E-state index is 14.2. The first-order chi connectivity index (χ1) is 16.8. The third-order valence-electron chi connectivity index (χ3n) is 8.29. The van der Waals surface area contributed by atoms with Crippen molar-refractivity contribution < 1.29 is 34.8 Å². The van der Waals surface area contributed by atoms with Crippen molar-refractivity contribution in [3.05, 3.63) is 40.1 Å². The van der Waals surface area contributed by atoms with Gasteiger partial charge in [-0.3, -0.25) is 14.4 Å². The van der Waals surface area contributed by atoms with Crippen molar-refractivity contribution >= 4 is 34.5 Å². The van der Waals surface area contributed by atoms with E-state index in [9.17, 15) is 34.8 Å². The molecule has 0 bridgehead atoms. The number of benzene rings is 1. The Morgan fingerprint density at radius 1 is 1.19 bits per heavy atom. The van der Waals surface area contributed by atoms with Gasteiger partial charge in [-0.2, -0.15) is 0 Å². The van der Waals surface area contributed by atoms with Gasteiger partial charge >= 0.3 is 0 Å². The van der Waals surface area contributed by atoms with Crippen LogP contribution in [0.3, 0.4) is 0 Å². The number of phenols is 1. The first kappa shape index (κ1) is 24.4. The third kappa shape index (κ3) is 2.96. The van der Waals surface area contributed by atoms with E-state index in [1.54, 1.807) is 17.6 Å². The monoisotopic (exact) mass is 513 g/mol. The van der Waals surface area contributed by atoms with Gasteiger partial charge in [-0.15, -0.1) is 11.3 Å². The number of aliphatic hydroxyl groups excluding tert-OH is 2. The van der Waals surface area contributed by atoms with Crippen LogP contribution in [0.15, 0.2) is 29.0 Å². The molecule has 36 heavy (non-hydrogen) atoms. The van der Waals surface area contributed by atoms with E-state index < -0.39 is 57.8 Å². The van der Waals surface area contributed by atoms with E-state index in [0.29, 0.717) is 21.8 Å².